The first kappa shape index (κ1) is 45.8. The van der Waals surface area contributed by atoms with E-state index >= 15 is 0 Å². The van der Waals surface area contributed by atoms with Gasteiger partial charge >= 0.3 is 5.97 Å². The molecule has 0 bridgehead atoms. The third kappa shape index (κ3) is 28.4. The third-order valence-corrected chi connectivity index (χ3v) is 9.66. The fourth-order valence-electron chi connectivity index (χ4n) is 5.86. The van der Waals surface area contributed by atoms with E-state index in [1.165, 1.54) is 116 Å². The van der Waals surface area contributed by atoms with E-state index in [4.69, 9.17) is 9.29 Å². The number of amides is 2. The van der Waals surface area contributed by atoms with Gasteiger partial charge in [-0.05, 0) is 24.9 Å². The zero-order valence-corrected chi connectivity index (χ0v) is 31.2. The van der Waals surface area contributed by atoms with Crippen molar-refractivity contribution in [1.82, 2.24) is 4.90 Å². The molecule has 0 radical (unpaired) electrons. The second-order valence-corrected chi connectivity index (χ2v) is 14.2. The predicted octanol–water partition coefficient (Wildman–Crippen LogP) is 9.78. The van der Waals surface area contributed by atoms with Crippen LogP contribution in [0.2, 0.25) is 0 Å². The number of carbonyl (C=O) groups is 3. The van der Waals surface area contributed by atoms with Gasteiger partial charge in [-0.25, -0.2) is 4.79 Å². The van der Waals surface area contributed by atoms with E-state index in [0.717, 1.165) is 55.5 Å². The molecule has 0 fully saturated rings. The lowest BCUT2D eigenvalue weighted by Crippen LogP contribution is -2.50. The molecule has 2 atom stereocenters. The maximum Gasteiger partial charge on any atom is 0.327 e. The van der Waals surface area contributed by atoms with E-state index in [-0.39, 0.29) is 25.2 Å². The van der Waals surface area contributed by atoms with Crippen LogP contribution in [-0.2, 0) is 18.6 Å². The molecule has 0 heterocycles. The summed E-state index contributed by atoms with van der Waals surface area (Å²) < 4.78 is 5.24. The molecule has 0 saturated carbocycles. The highest BCUT2D eigenvalue weighted by Gasteiger charge is 2.34. The predicted molar refractivity (Wildman–Crippen MR) is 195 cm³/mol. The fourth-order valence-corrected chi connectivity index (χ4v) is 6.63. The molecule has 3 N–H and O–H groups in total. The molecule has 0 aromatic heterocycles. The summed E-state index contributed by atoms with van der Waals surface area (Å²) in [5.41, 5.74) is 0. The Hall–Kier alpha value is -1.16. The van der Waals surface area contributed by atoms with Crippen LogP contribution in [0.3, 0.4) is 0 Å². The van der Waals surface area contributed by atoms with Crippen LogP contribution in [0.25, 0.3) is 0 Å². The number of rotatable bonds is 36. The molecule has 0 saturated heterocycles. The molecule has 2 amide bonds. The summed E-state index contributed by atoms with van der Waals surface area (Å²) >= 11 is 0.794. The van der Waals surface area contributed by atoms with Crippen LogP contribution < -0.4 is 0 Å². The quantitative estimate of drug-likeness (QED) is 0.0439. The van der Waals surface area contributed by atoms with E-state index in [1.54, 1.807) is 0 Å². The van der Waals surface area contributed by atoms with E-state index in [1.807, 2.05) is 0 Å². The van der Waals surface area contributed by atoms with Crippen molar-refractivity contribution in [3.63, 3.8) is 0 Å². The minimum absolute atomic E-state index is 0.137. The van der Waals surface area contributed by atoms with Gasteiger partial charge in [0, 0.05) is 12.8 Å². The first-order valence-electron chi connectivity index (χ1n) is 19.5. The molecule has 1 unspecified atom stereocenters. The number of nitrogens with zero attached hydrogens (tertiary/aromatic N) is 1. The zero-order valence-electron chi connectivity index (χ0n) is 30.4. The molecule has 278 valence electrons. The van der Waals surface area contributed by atoms with Crippen LogP contribution in [0, 0.1) is 0 Å². The summed E-state index contributed by atoms with van der Waals surface area (Å²) in [4.78, 5) is 39.7. The van der Waals surface area contributed by atoms with Crippen molar-refractivity contribution >= 4 is 29.8 Å². The van der Waals surface area contributed by atoms with Gasteiger partial charge < -0.3 is 19.5 Å². The van der Waals surface area contributed by atoms with Crippen molar-refractivity contribution < 1.29 is 33.9 Å². The Bertz CT molecular complexity index is 697. The number of aliphatic hydroxyl groups is 2. The van der Waals surface area contributed by atoms with Gasteiger partial charge in [-0.3, -0.25) is 14.5 Å². The van der Waals surface area contributed by atoms with Crippen LogP contribution in [-0.4, -0.2) is 69.1 Å². The highest BCUT2D eigenvalue weighted by molar-refractivity contribution is 7.94. The van der Waals surface area contributed by atoms with Crippen molar-refractivity contribution in [3.05, 3.63) is 0 Å². The molecular weight excluding hydrogens is 614 g/mol. The molecule has 8 nitrogen and oxygen atoms in total. The maximum absolute atomic E-state index is 13.3. The van der Waals surface area contributed by atoms with Gasteiger partial charge in [0.25, 0.3) is 0 Å². The van der Waals surface area contributed by atoms with Crippen LogP contribution in [0.5, 0.6) is 0 Å². The highest BCUT2D eigenvalue weighted by atomic mass is 32.2. The van der Waals surface area contributed by atoms with Crippen LogP contribution >= 0.6 is 12.0 Å². The molecule has 0 spiro atoms. The second kappa shape index (κ2) is 34.7. The molecular formula is C38H73NO7S. The monoisotopic (exact) mass is 688 g/mol. The summed E-state index contributed by atoms with van der Waals surface area (Å²) in [5.74, 6) is -2.25. The SMILES string of the molecule is CCCCCCCCCCCCCCCC(=O)N(C(=O)CCCCCCCCCCCCCCC)[C@@H](CSOCC(O)CO)C(=O)O. The van der Waals surface area contributed by atoms with Gasteiger partial charge in [0.1, 0.15) is 12.1 Å². The first-order chi connectivity index (χ1) is 22.9. The van der Waals surface area contributed by atoms with Gasteiger partial charge in [0.2, 0.25) is 11.8 Å². The minimum Gasteiger partial charge on any atom is -0.480 e. The van der Waals surface area contributed by atoms with Crippen molar-refractivity contribution in [1.29, 1.82) is 0 Å². The molecule has 9 heteroatoms. The fraction of sp³-hybridized carbons (Fsp3) is 0.921. The maximum atomic E-state index is 13.3. The van der Waals surface area contributed by atoms with Gasteiger partial charge in [-0.2, -0.15) is 0 Å². The summed E-state index contributed by atoms with van der Waals surface area (Å²) in [6.07, 6.45) is 30.1. The molecule has 0 aromatic carbocycles. The molecule has 0 aliphatic heterocycles. The molecule has 0 aliphatic rings. The minimum atomic E-state index is -1.34. The van der Waals surface area contributed by atoms with Crippen LogP contribution in [0.1, 0.15) is 194 Å². The number of carbonyl (C=O) groups excluding carboxylic acids is 2. The number of carboxylic acids is 1. The van der Waals surface area contributed by atoms with Crippen molar-refractivity contribution in [3.8, 4) is 0 Å². The number of aliphatic hydroxyl groups excluding tert-OH is 2. The second-order valence-electron chi connectivity index (χ2n) is 13.4. The lowest BCUT2D eigenvalue weighted by Gasteiger charge is -2.27. The Labute approximate surface area is 292 Å². The van der Waals surface area contributed by atoms with Crippen LogP contribution in [0.4, 0.5) is 0 Å². The largest absolute Gasteiger partial charge is 0.480 e. The Balaban J connectivity index is 4.57. The van der Waals surface area contributed by atoms with Crippen molar-refractivity contribution in [2.24, 2.45) is 0 Å². The average Bonchev–Trinajstić information content (AvgIpc) is 3.06. The Morgan fingerprint density at radius 2 is 0.894 bits per heavy atom. The smallest absolute Gasteiger partial charge is 0.327 e. The number of carboxylic acid groups (broad SMARTS) is 1. The van der Waals surface area contributed by atoms with Crippen molar-refractivity contribution in [2.45, 2.75) is 206 Å². The van der Waals surface area contributed by atoms with Gasteiger partial charge in [-0.1, -0.05) is 168 Å². The standard InChI is InChI=1S/C38H73NO7S/c1-3-5-7-9-11-13-15-17-19-21-23-25-27-29-36(42)39(35(38(44)45)33-47-46-32-34(41)31-40)37(43)30-28-26-24-22-20-18-16-14-12-10-8-6-4-2/h34-35,40-41H,3-33H2,1-2H3,(H,44,45)/t34?,35-/m0/s1. The van der Waals surface area contributed by atoms with Crippen molar-refractivity contribution in [2.75, 3.05) is 19.0 Å². The van der Waals surface area contributed by atoms with Gasteiger partial charge in [0.05, 0.1) is 19.0 Å². The normalized spacial score (nSPS) is 12.7. The summed E-state index contributed by atoms with van der Waals surface area (Å²) in [6, 6.07) is -1.34. The van der Waals surface area contributed by atoms with Gasteiger partial charge in [0.15, 0.2) is 0 Å². The van der Waals surface area contributed by atoms with Crippen LogP contribution in [0.15, 0.2) is 0 Å². The topological polar surface area (TPSA) is 124 Å². The van der Waals surface area contributed by atoms with E-state index in [0.29, 0.717) is 12.8 Å². The summed E-state index contributed by atoms with van der Waals surface area (Å²) in [6.45, 7) is 3.84. The van der Waals surface area contributed by atoms with Gasteiger partial charge in [-0.15, -0.1) is 0 Å². The van der Waals surface area contributed by atoms with E-state index in [9.17, 15) is 24.6 Å². The highest BCUT2D eigenvalue weighted by Crippen LogP contribution is 2.19. The van der Waals surface area contributed by atoms with E-state index < -0.39 is 36.5 Å². The number of aliphatic carboxylic acids is 1. The summed E-state index contributed by atoms with van der Waals surface area (Å²) in [5, 5.41) is 28.4. The Morgan fingerprint density at radius 3 is 1.19 bits per heavy atom. The molecule has 0 aromatic rings. The Morgan fingerprint density at radius 1 is 0.574 bits per heavy atom. The molecule has 0 rings (SSSR count). The third-order valence-electron chi connectivity index (χ3n) is 8.90. The summed E-state index contributed by atoms with van der Waals surface area (Å²) in [7, 11) is 0. The first-order valence-corrected chi connectivity index (χ1v) is 20.4. The lowest BCUT2D eigenvalue weighted by molar-refractivity contribution is -0.157. The number of hydrogen-bond donors (Lipinski definition) is 3. The number of hydrogen-bond acceptors (Lipinski definition) is 7. The number of imide groups is 1. The average molecular weight is 688 g/mol. The number of unbranched alkanes of at least 4 members (excludes halogenated alkanes) is 24. The lowest BCUT2D eigenvalue weighted by atomic mass is 10.0. The zero-order chi connectivity index (χ0) is 34.8. The molecule has 0 aliphatic carbocycles. The Kier molecular flexibility index (Phi) is 33.8. The molecule has 47 heavy (non-hydrogen) atoms. The van der Waals surface area contributed by atoms with E-state index in [2.05, 4.69) is 13.8 Å².